The molecule has 14 heavy (non-hydrogen) atoms. The molecule has 1 rings (SSSR count). The molecule has 0 aliphatic carbocycles. The van der Waals surface area contributed by atoms with E-state index < -0.39 is 0 Å². The van der Waals surface area contributed by atoms with Crippen LogP contribution in [0.25, 0.3) is 0 Å². The molecule has 4 nitrogen and oxygen atoms in total. The standard InChI is InChI=1S/C10H17N3O/c1-4-13(8(2)3)10-6-11-5-9(7-14)12-10/h5-6,8,14H,4,7H2,1-3H3. The lowest BCUT2D eigenvalue weighted by atomic mass is 10.3. The average molecular weight is 195 g/mol. The smallest absolute Gasteiger partial charge is 0.147 e. The second-order valence-corrected chi connectivity index (χ2v) is 3.41. The van der Waals surface area contributed by atoms with Gasteiger partial charge in [0.1, 0.15) is 5.82 Å². The number of aromatic nitrogens is 2. The highest BCUT2D eigenvalue weighted by Gasteiger charge is 2.09. The summed E-state index contributed by atoms with van der Waals surface area (Å²) in [4.78, 5) is 10.5. The van der Waals surface area contributed by atoms with Crippen molar-refractivity contribution in [1.82, 2.24) is 9.97 Å². The summed E-state index contributed by atoms with van der Waals surface area (Å²) in [5.41, 5.74) is 0.613. The zero-order valence-electron chi connectivity index (χ0n) is 8.94. The van der Waals surface area contributed by atoms with Crippen molar-refractivity contribution in [1.29, 1.82) is 0 Å². The molecule has 0 aromatic carbocycles. The Kier molecular flexibility index (Phi) is 3.83. The minimum atomic E-state index is -0.0590. The van der Waals surface area contributed by atoms with Gasteiger partial charge in [0.05, 0.1) is 24.7 Å². The van der Waals surface area contributed by atoms with Gasteiger partial charge in [-0.3, -0.25) is 4.98 Å². The minimum absolute atomic E-state index is 0.0590. The van der Waals surface area contributed by atoms with E-state index in [9.17, 15) is 0 Å². The summed E-state index contributed by atoms with van der Waals surface area (Å²) in [6, 6.07) is 0.392. The van der Waals surface area contributed by atoms with E-state index in [2.05, 4.69) is 35.6 Å². The van der Waals surface area contributed by atoms with Gasteiger partial charge in [0.15, 0.2) is 0 Å². The Hall–Kier alpha value is -1.16. The van der Waals surface area contributed by atoms with E-state index in [4.69, 9.17) is 5.11 Å². The number of nitrogens with zero attached hydrogens (tertiary/aromatic N) is 3. The highest BCUT2D eigenvalue weighted by Crippen LogP contribution is 2.12. The molecule has 0 radical (unpaired) electrons. The van der Waals surface area contributed by atoms with Gasteiger partial charge in [-0.25, -0.2) is 4.98 Å². The molecular formula is C10H17N3O. The molecule has 0 unspecified atom stereocenters. The Morgan fingerprint density at radius 3 is 2.64 bits per heavy atom. The lowest BCUT2D eigenvalue weighted by Gasteiger charge is -2.25. The fourth-order valence-corrected chi connectivity index (χ4v) is 1.40. The average Bonchev–Trinajstić information content (AvgIpc) is 2.19. The lowest BCUT2D eigenvalue weighted by Crippen LogP contribution is -2.31. The third kappa shape index (κ3) is 2.42. The zero-order valence-corrected chi connectivity index (χ0v) is 8.94. The maximum atomic E-state index is 8.93. The van der Waals surface area contributed by atoms with Gasteiger partial charge in [0.2, 0.25) is 0 Å². The van der Waals surface area contributed by atoms with E-state index in [0.29, 0.717) is 11.7 Å². The predicted octanol–water partition coefficient (Wildman–Crippen LogP) is 1.20. The van der Waals surface area contributed by atoms with Crippen LogP contribution < -0.4 is 4.90 Å². The molecule has 0 aliphatic rings. The van der Waals surface area contributed by atoms with Crippen LogP contribution in [0.15, 0.2) is 12.4 Å². The number of aliphatic hydroxyl groups is 1. The van der Waals surface area contributed by atoms with E-state index in [1.54, 1.807) is 12.4 Å². The Morgan fingerprint density at radius 2 is 2.14 bits per heavy atom. The molecule has 4 heteroatoms. The summed E-state index contributed by atoms with van der Waals surface area (Å²) in [5.74, 6) is 0.828. The molecule has 0 bridgehead atoms. The van der Waals surface area contributed by atoms with E-state index in [1.807, 2.05) is 0 Å². The molecule has 1 heterocycles. The molecule has 1 N–H and O–H groups in total. The fraction of sp³-hybridized carbons (Fsp3) is 0.600. The Bertz CT molecular complexity index is 288. The Morgan fingerprint density at radius 1 is 1.43 bits per heavy atom. The van der Waals surface area contributed by atoms with Crippen molar-refractivity contribution in [3.63, 3.8) is 0 Å². The molecule has 0 saturated carbocycles. The maximum Gasteiger partial charge on any atom is 0.147 e. The first kappa shape index (κ1) is 10.9. The second kappa shape index (κ2) is 4.91. The first-order chi connectivity index (χ1) is 6.69. The van der Waals surface area contributed by atoms with Crippen LogP contribution in [-0.2, 0) is 6.61 Å². The van der Waals surface area contributed by atoms with Crippen LogP contribution in [0.3, 0.4) is 0 Å². The number of anilines is 1. The molecule has 0 spiro atoms. The van der Waals surface area contributed by atoms with Crippen LogP contribution in [0.2, 0.25) is 0 Å². The molecule has 78 valence electrons. The molecule has 1 aromatic heterocycles. The zero-order chi connectivity index (χ0) is 10.6. The molecule has 0 aliphatic heterocycles. The van der Waals surface area contributed by atoms with E-state index in [1.165, 1.54) is 0 Å². The first-order valence-electron chi connectivity index (χ1n) is 4.87. The highest BCUT2D eigenvalue weighted by molar-refractivity contribution is 5.37. The topological polar surface area (TPSA) is 49.2 Å². The fourth-order valence-electron chi connectivity index (χ4n) is 1.40. The summed E-state index contributed by atoms with van der Waals surface area (Å²) in [6.07, 6.45) is 3.31. The molecule has 0 saturated heterocycles. The van der Waals surface area contributed by atoms with Crippen molar-refractivity contribution >= 4 is 5.82 Å². The molecule has 0 atom stereocenters. The number of aliphatic hydroxyl groups excluding tert-OH is 1. The molecule has 1 aromatic rings. The van der Waals surface area contributed by atoms with Crippen LogP contribution in [0.1, 0.15) is 26.5 Å². The normalized spacial score (nSPS) is 10.6. The number of hydrogen-bond acceptors (Lipinski definition) is 4. The van der Waals surface area contributed by atoms with E-state index >= 15 is 0 Å². The second-order valence-electron chi connectivity index (χ2n) is 3.41. The van der Waals surface area contributed by atoms with Crippen molar-refractivity contribution < 1.29 is 5.11 Å². The molecule has 0 fully saturated rings. The monoisotopic (exact) mass is 195 g/mol. The summed E-state index contributed by atoms with van der Waals surface area (Å²) in [7, 11) is 0. The van der Waals surface area contributed by atoms with Gasteiger partial charge >= 0.3 is 0 Å². The van der Waals surface area contributed by atoms with Gasteiger partial charge in [-0.15, -0.1) is 0 Å². The third-order valence-electron chi connectivity index (χ3n) is 2.09. The summed E-state index contributed by atoms with van der Waals surface area (Å²) in [5, 5.41) is 8.93. The van der Waals surface area contributed by atoms with Gasteiger partial charge in [-0.1, -0.05) is 0 Å². The van der Waals surface area contributed by atoms with Crippen molar-refractivity contribution in [2.24, 2.45) is 0 Å². The minimum Gasteiger partial charge on any atom is -0.390 e. The predicted molar refractivity (Wildman–Crippen MR) is 56.1 cm³/mol. The highest BCUT2D eigenvalue weighted by atomic mass is 16.3. The van der Waals surface area contributed by atoms with Crippen molar-refractivity contribution in [3.05, 3.63) is 18.1 Å². The van der Waals surface area contributed by atoms with Crippen LogP contribution in [-0.4, -0.2) is 27.7 Å². The van der Waals surface area contributed by atoms with Crippen LogP contribution >= 0.6 is 0 Å². The summed E-state index contributed by atoms with van der Waals surface area (Å²) < 4.78 is 0. The van der Waals surface area contributed by atoms with Crippen molar-refractivity contribution in [2.45, 2.75) is 33.4 Å². The van der Waals surface area contributed by atoms with Gasteiger partial charge in [-0.05, 0) is 20.8 Å². The van der Waals surface area contributed by atoms with Crippen molar-refractivity contribution in [2.75, 3.05) is 11.4 Å². The summed E-state index contributed by atoms with van der Waals surface area (Å²) >= 11 is 0. The van der Waals surface area contributed by atoms with E-state index in [0.717, 1.165) is 12.4 Å². The number of hydrogen-bond donors (Lipinski definition) is 1. The van der Waals surface area contributed by atoms with Gasteiger partial charge in [0.25, 0.3) is 0 Å². The first-order valence-corrected chi connectivity index (χ1v) is 4.87. The van der Waals surface area contributed by atoms with Crippen LogP contribution in [0, 0.1) is 0 Å². The van der Waals surface area contributed by atoms with Crippen LogP contribution in [0.5, 0.6) is 0 Å². The van der Waals surface area contributed by atoms with Crippen molar-refractivity contribution in [3.8, 4) is 0 Å². The van der Waals surface area contributed by atoms with Gasteiger partial charge in [-0.2, -0.15) is 0 Å². The summed E-state index contributed by atoms with van der Waals surface area (Å²) in [6.45, 7) is 7.12. The molecular weight excluding hydrogens is 178 g/mol. The SMILES string of the molecule is CCN(c1cncc(CO)n1)C(C)C. The van der Waals surface area contributed by atoms with Gasteiger partial charge in [0, 0.05) is 12.6 Å². The van der Waals surface area contributed by atoms with Crippen LogP contribution in [0.4, 0.5) is 5.82 Å². The maximum absolute atomic E-state index is 8.93. The third-order valence-corrected chi connectivity index (χ3v) is 2.09. The Balaban J connectivity index is 2.92. The number of rotatable bonds is 4. The quantitative estimate of drug-likeness (QED) is 0.784. The Labute approximate surface area is 84.6 Å². The largest absolute Gasteiger partial charge is 0.390 e. The molecule has 0 amide bonds. The lowest BCUT2D eigenvalue weighted by molar-refractivity contribution is 0.276. The van der Waals surface area contributed by atoms with Gasteiger partial charge < -0.3 is 10.0 Å². The van der Waals surface area contributed by atoms with E-state index in [-0.39, 0.29) is 6.61 Å².